The topological polar surface area (TPSA) is 0 Å². The van der Waals surface area contributed by atoms with Gasteiger partial charge in [-0.1, -0.05) is 89.0 Å². The van der Waals surface area contributed by atoms with Gasteiger partial charge in [0.2, 0.25) is 0 Å². The maximum Gasteiger partial charge on any atom is -0.0260 e. The minimum absolute atomic E-state index is 0.793. The average Bonchev–Trinajstić information content (AvgIpc) is 3.25. The molecule has 0 bridgehead atoms. The Bertz CT molecular complexity index is 478. The van der Waals surface area contributed by atoms with E-state index in [-0.39, 0.29) is 0 Å². The van der Waals surface area contributed by atoms with E-state index in [1.807, 2.05) is 0 Å². The normalized spacial score (nSPS) is 35.1. The molecule has 0 spiro atoms. The van der Waals surface area contributed by atoms with Gasteiger partial charge in [0.05, 0.1) is 0 Å². The van der Waals surface area contributed by atoms with Crippen molar-refractivity contribution in [3.63, 3.8) is 0 Å². The monoisotopic (exact) mass is 390 g/mol. The SMILES string of the molecule is CCCCC12CC(C(C)C(C)C(C)C(C)C(C)C(C)C(C)C(C)C(C)C)C1C2. The zero-order valence-electron chi connectivity index (χ0n) is 21.4. The van der Waals surface area contributed by atoms with Gasteiger partial charge in [-0.15, -0.1) is 0 Å². The largest absolute Gasteiger partial charge is 0.0654 e. The van der Waals surface area contributed by atoms with E-state index in [1.165, 1.54) is 19.3 Å². The van der Waals surface area contributed by atoms with Crippen LogP contribution in [0.3, 0.4) is 0 Å². The standard InChI is InChI=1S/C28H54/c1-12-13-14-28-15-26(27(28)16-28)25(11)24(10)23(9)22(8)21(7)20(6)19(5)18(4)17(2)3/h17-27H,12-16H2,1-11H3. The van der Waals surface area contributed by atoms with Crippen LogP contribution >= 0.6 is 0 Å². The fourth-order valence-electron chi connectivity index (χ4n) is 7.01. The molecule has 0 heteroatoms. The molecule has 0 nitrogen and oxygen atoms in total. The minimum atomic E-state index is 0.793. The van der Waals surface area contributed by atoms with E-state index in [0.717, 1.165) is 70.5 Å². The summed E-state index contributed by atoms with van der Waals surface area (Å²) in [5.41, 5.74) is 0.827. The summed E-state index contributed by atoms with van der Waals surface area (Å²) < 4.78 is 0. The van der Waals surface area contributed by atoms with Crippen LogP contribution in [0.1, 0.15) is 108 Å². The van der Waals surface area contributed by atoms with Gasteiger partial charge in [-0.25, -0.2) is 0 Å². The molecule has 0 saturated heterocycles. The predicted molar refractivity (Wildman–Crippen MR) is 126 cm³/mol. The highest BCUT2D eigenvalue weighted by Gasteiger charge is 2.67. The van der Waals surface area contributed by atoms with Crippen molar-refractivity contribution in [2.45, 2.75) is 108 Å². The molecule has 166 valence electrons. The highest BCUT2D eigenvalue weighted by Crippen LogP contribution is 2.75. The zero-order valence-corrected chi connectivity index (χ0v) is 21.4. The summed E-state index contributed by atoms with van der Waals surface area (Å²) in [5, 5.41) is 0. The van der Waals surface area contributed by atoms with Crippen LogP contribution in [0.25, 0.3) is 0 Å². The molecule has 2 aliphatic carbocycles. The Morgan fingerprint density at radius 2 is 1.11 bits per heavy atom. The summed E-state index contributed by atoms with van der Waals surface area (Å²) >= 11 is 0. The van der Waals surface area contributed by atoms with Gasteiger partial charge >= 0.3 is 0 Å². The average molecular weight is 391 g/mol. The molecule has 2 rings (SSSR count). The van der Waals surface area contributed by atoms with Crippen molar-refractivity contribution in [3.8, 4) is 0 Å². The summed E-state index contributed by atoms with van der Waals surface area (Å²) in [6.07, 6.45) is 7.49. The molecule has 2 aliphatic rings. The molecule has 0 N–H and O–H groups in total. The van der Waals surface area contributed by atoms with Gasteiger partial charge in [0, 0.05) is 0 Å². The number of fused-ring (bicyclic) bond motifs is 1. The maximum atomic E-state index is 2.60. The van der Waals surface area contributed by atoms with E-state index in [9.17, 15) is 0 Å². The highest BCUT2D eigenvalue weighted by atomic mass is 14.7. The lowest BCUT2D eigenvalue weighted by Crippen LogP contribution is -2.38. The number of hydrogen-bond donors (Lipinski definition) is 0. The van der Waals surface area contributed by atoms with E-state index in [1.54, 1.807) is 12.8 Å². The molecule has 0 aromatic rings. The van der Waals surface area contributed by atoms with Crippen LogP contribution in [0.5, 0.6) is 0 Å². The molecular weight excluding hydrogens is 336 g/mol. The van der Waals surface area contributed by atoms with Gasteiger partial charge in [-0.2, -0.15) is 0 Å². The van der Waals surface area contributed by atoms with Gasteiger partial charge in [-0.3, -0.25) is 0 Å². The molecule has 0 aromatic carbocycles. The Labute approximate surface area is 179 Å². The van der Waals surface area contributed by atoms with E-state index in [0.29, 0.717) is 0 Å². The first-order valence-corrected chi connectivity index (χ1v) is 13.0. The molecule has 2 saturated carbocycles. The predicted octanol–water partition coefficient (Wildman–Crippen LogP) is 8.95. The first-order valence-electron chi connectivity index (χ1n) is 13.0. The Balaban J connectivity index is 1.89. The van der Waals surface area contributed by atoms with Crippen LogP contribution < -0.4 is 0 Å². The van der Waals surface area contributed by atoms with Crippen molar-refractivity contribution in [1.82, 2.24) is 0 Å². The number of hydrogen-bond acceptors (Lipinski definition) is 0. The second-order valence-corrected chi connectivity index (χ2v) is 12.3. The van der Waals surface area contributed by atoms with Crippen molar-refractivity contribution in [1.29, 1.82) is 0 Å². The molecule has 0 heterocycles. The van der Waals surface area contributed by atoms with Gasteiger partial charge in [0.1, 0.15) is 0 Å². The van der Waals surface area contributed by atoms with Crippen LogP contribution in [-0.4, -0.2) is 0 Å². The number of unbranched alkanes of at least 4 members (excludes halogenated alkanes) is 1. The lowest BCUT2D eigenvalue weighted by atomic mass is 9.60. The molecule has 0 aliphatic heterocycles. The van der Waals surface area contributed by atoms with E-state index >= 15 is 0 Å². The van der Waals surface area contributed by atoms with Gasteiger partial charge in [0.15, 0.2) is 0 Å². The van der Waals surface area contributed by atoms with E-state index < -0.39 is 0 Å². The van der Waals surface area contributed by atoms with Gasteiger partial charge in [-0.05, 0) is 89.8 Å². The Hall–Kier alpha value is 0. The van der Waals surface area contributed by atoms with Crippen molar-refractivity contribution in [3.05, 3.63) is 0 Å². The van der Waals surface area contributed by atoms with Crippen LogP contribution in [0.15, 0.2) is 0 Å². The molecule has 0 radical (unpaired) electrons. The Kier molecular flexibility index (Phi) is 8.17. The smallest absolute Gasteiger partial charge is 0.0260 e. The Morgan fingerprint density at radius 1 is 0.643 bits per heavy atom. The third kappa shape index (κ3) is 4.67. The lowest BCUT2D eigenvalue weighted by Gasteiger charge is -2.45. The third-order valence-electron chi connectivity index (χ3n) is 11.0. The van der Waals surface area contributed by atoms with Gasteiger partial charge in [0.25, 0.3) is 0 Å². The summed E-state index contributed by atoms with van der Waals surface area (Å²) in [5.74, 6) is 9.60. The lowest BCUT2D eigenvalue weighted by molar-refractivity contribution is 0.0380. The van der Waals surface area contributed by atoms with Crippen LogP contribution in [0.2, 0.25) is 0 Å². The summed E-state index contributed by atoms with van der Waals surface area (Å²) in [6, 6.07) is 0. The second-order valence-electron chi connectivity index (χ2n) is 12.3. The third-order valence-corrected chi connectivity index (χ3v) is 11.0. The second kappa shape index (κ2) is 9.43. The Morgan fingerprint density at radius 3 is 1.54 bits per heavy atom. The van der Waals surface area contributed by atoms with Crippen molar-refractivity contribution in [2.75, 3.05) is 0 Å². The molecular formula is C28H54. The van der Waals surface area contributed by atoms with Crippen LogP contribution in [-0.2, 0) is 0 Å². The fraction of sp³-hybridized carbons (Fsp3) is 1.00. The van der Waals surface area contributed by atoms with E-state index in [2.05, 4.69) is 76.2 Å². The fourth-order valence-corrected chi connectivity index (χ4v) is 7.01. The first kappa shape index (κ1) is 24.3. The first-order chi connectivity index (χ1) is 13.0. The summed E-state index contributed by atoms with van der Waals surface area (Å²) in [4.78, 5) is 0. The van der Waals surface area contributed by atoms with Crippen molar-refractivity contribution >= 4 is 0 Å². The quantitative estimate of drug-likeness (QED) is 0.312. The molecule has 11 atom stereocenters. The van der Waals surface area contributed by atoms with E-state index in [4.69, 9.17) is 0 Å². The zero-order chi connectivity index (χ0) is 21.4. The van der Waals surface area contributed by atoms with Crippen molar-refractivity contribution in [2.24, 2.45) is 70.5 Å². The molecule has 0 amide bonds. The molecule has 28 heavy (non-hydrogen) atoms. The summed E-state index contributed by atoms with van der Waals surface area (Å²) in [6.45, 7) is 27.5. The van der Waals surface area contributed by atoms with Crippen molar-refractivity contribution < 1.29 is 0 Å². The highest BCUT2D eigenvalue weighted by molar-refractivity contribution is 5.16. The van der Waals surface area contributed by atoms with Crippen LogP contribution in [0.4, 0.5) is 0 Å². The van der Waals surface area contributed by atoms with Crippen LogP contribution in [0, 0.1) is 70.5 Å². The minimum Gasteiger partial charge on any atom is -0.0654 e. The number of rotatable bonds is 12. The van der Waals surface area contributed by atoms with Gasteiger partial charge < -0.3 is 0 Å². The molecule has 11 unspecified atom stereocenters. The maximum absolute atomic E-state index is 2.60. The molecule has 0 aromatic heterocycles. The molecule has 2 fully saturated rings. The summed E-state index contributed by atoms with van der Waals surface area (Å²) in [7, 11) is 0.